The molecule has 3 aromatic rings. The summed E-state index contributed by atoms with van der Waals surface area (Å²) in [6.07, 6.45) is -9.39. The van der Waals surface area contributed by atoms with E-state index in [1.54, 1.807) is 0 Å². The first-order valence-corrected chi connectivity index (χ1v) is 8.97. The van der Waals surface area contributed by atoms with E-state index in [2.05, 4.69) is 15.1 Å². The average molecular weight is 456 g/mol. The summed E-state index contributed by atoms with van der Waals surface area (Å²) < 4.78 is 123. The number of aromatic nitrogens is 4. The molecule has 0 aliphatic heterocycles. The molecule has 0 aliphatic rings. The van der Waals surface area contributed by atoms with Gasteiger partial charge in [0, 0.05) is 0 Å². The molecule has 0 unspecified atom stereocenters. The molecule has 0 radical (unpaired) electrons. The Morgan fingerprint density at radius 3 is 2.10 bits per heavy atom. The number of pyridine rings is 1. The molecule has 30 heavy (non-hydrogen) atoms. The third-order valence-electron chi connectivity index (χ3n) is 3.63. The van der Waals surface area contributed by atoms with Crippen LogP contribution in [0.1, 0.15) is 11.4 Å². The van der Waals surface area contributed by atoms with E-state index in [1.807, 2.05) is 0 Å². The summed E-state index contributed by atoms with van der Waals surface area (Å²) in [6, 6.07) is 2.71. The largest absolute Gasteiger partial charge is 0.453 e. The zero-order chi connectivity index (χ0) is 22.5. The Labute approximate surface area is 162 Å². The van der Waals surface area contributed by atoms with Gasteiger partial charge in [-0.1, -0.05) is 0 Å². The molecule has 2 heterocycles. The van der Waals surface area contributed by atoms with Gasteiger partial charge in [0.05, 0.1) is 17.3 Å². The Morgan fingerprint density at radius 2 is 1.63 bits per heavy atom. The van der Waals surface area contributed by atoms with Crippen LogP contribution in [0.25, 0.3) is 17.2 Å². The molecular weight excluding hydrogens is 449 g/mol. The number of hydrogen-bond donors (Lipinski definition) is 1. The Kier molecular flexibility index (Phi) is 5.06. The van der Waals surface area contributed by atoms with Crippen molar-refractivity contribution in [3.8, 4) is 17.2 Å². The number of alkyl halides is 6. The molecule has 0 saturated heterocycles. The number of rotatable bonds is 3. The second-order valence-corrected chi connectivity index (χ2v) is 7.11. The number of hydrogen-bond acceptors (Lipinski definition) is 5. The number of halogens is 7. The Hall–Kier alpha value is -3.07. The smallest absolute Gasteiger partial charge is 0.282 e. The van der Waals surface area contributed by atoms with Gasteiger partial charge in [0.25, 0.3) is 15.9 Å². The van der Waals surface area contributed by atoms with Crippen molar-refractivity contribution in [2.24, 2.45) is 0 Å². The molecule has 0 amide bonds. The predicted octanol–water partition coefficient (Wildman–Crippen LogP) is 3.75. The highest BCUT2D eigenvalue weighted by atomic mass is 32.2. The highest BCUT2D eigenvalue weighted by molar-refractivity contribution is 7.85. The van der Waals surface area contributed by atoms with Crippen molar-refractivity contribution in [2.45, 2.75) is 17.2 Å². The molecule has 1 N–H and O–H groups in total. The van der Waals surface area contributed by atoms with E-state index in [0.717, 1.165) is 12.1 Å². The highest BCUT2D eigenvalue weighted by Crippen LogP contribution is 2.34. The molecule has 3 rings (SSSR count). The van der Waals surface area contributed by atoms with E-state index < -0.39 is 61.8 Å². The summed E-state index contributed by atoms with van der Waals surface area (Å²) in [5.41, 5.74) is -2.12. The molecule has 0 bridgehead atoms. The number of nitrogens with zero attached hydrogens (tertiary/aromatic N) is 4. The van der Waals surface area contributed by atoms with Gasteiger partial charge in [0.1, 0.15) is 10.7 Å². The predicted molar refractivity (Wildman–Crippen MR) is 84.4 cm³/mol. The van der Waals surface area contributed by atoms with E-state index in [0.29, 0.717) is 23.0 Å². The van der Waals surface area contributed by atoms with Gasteiger partial charge in [-0.05, 0) is 30.3 Å². The minimum atomic E-state index is -5.09. The SMILES string of the molecule is O=S(=O)(O)c1ccc(-n2nc(C(F)(F)F)nc2-c2ccc(C(F)(F)F)cc2F)nc1. The lowest BCUT2D eigenvalue weighted by Gasteiger charge is -2.10. The molecule has 1 aromatic carbocycles. The Bertz CT molecular complexity index is 1200. The van der Waals surface area contributed by atoms with Crippen molar-refractivity contribution in [3.05, 3.63) is 53.7 Å². The molecule has 0 fully saturated rings. The quantitative estimate of drug-likeness (QED) is 0.476. The first kappa shape index (κ1) is 21.6. The molecule has 0 aliphatic carbocycles. The van der Waals surface area contributed by atoms with Crippen LogP contribution >= 0.6 is 0 Å². The molecule has 160 valence electrons. The van der Waals surface area contributed by atoms with Crippen molar-refractivity contribution >= 4 is 10.1 Å². The van der Waals surface area contributed by atoms with Gasteiger partial charge in [-0.3, -0.25) is 4.55 Å². The van der Waals surface area contributed by atoms with Crippen LogP contribution in [0.5, 0.6) is 0 Å². The van der Waals surface area contributed by atoms with E-state index in [1.165, 1.54) is 0 Å². The van der Waals surface area contributed by atoms with Crippen LogP contribution in [0, 0.1) is 5.82 Å². The van der Waals surface area contributed by atoms with Gasteiger partial charge in [0.2, 0.25) is 0 Å². The average Bonchev–Trinajstić information content (AvgIpc) is 3.05. The molecular formula is C15H7F7N4O3S. The normalized spacial score (nSPS) is 12.9. The van der Waals surface area contributed by atoms with E-state index in [4.69, 9.17) is 4.55 Å². The van der Waals surface area contributed by atoms with Gasteiger partial charge >= 0.3 is 12.4 Å². The third kappa shape index (κ3) is 4.25. The summed E-state index contributed by atoms with van der Waals surface area (Å²) >= 11 is 0. The Morgan fingerprint density at radius 1 is 0.967 bits per heavy atom. The minimum absolute atomic E-state index is 0.0798. The van der Waals surface area contributed by atoms with Gasteiger partial charge in [-0.15, -0.1) is 5.10 Å². The maximum Gasteiger partial charge on any atom is 0.453 e. The standard InChI is InChI=1S/C15H7F7N4O3S/c16-10-5-7(14(17,18)19)1-3-9(10)12-24-13(15(20,21)22)25-26(12)11-4-2-8(6-23-11)30(27,28)29/h1-6H,(H,27,28,29). The summed E-state index contributed by atoms with van der Waals surface area (Å²) in [7, 11) is -4.66. The summed E-state index contributed by atoms with van der Waals surface area (Å²) in [5.74, 6) is -4.57. The van der Waals surface area contributed by atoms with Crippen molar-refractivity contribution in [1.82, 2.24) is 19.7 Å². The lowest BCUT2D eigenvalue weighted by molar-refractivity contribution is -0.144. The molecule has 7 nitrogen and oxygen atoms in total. The fourth-order valence-electron chi connectivity index (χ4n) is 2.29. The van der Waals surface area contributed by atoms with Gasteiger partial charge in [0.15, 0.2) is 11.6 Å². The van der Waals surface area contributed by atoms with Gasteiger partial charge in [-0.25, -0.2) is 14.4 Å². The molecule has 0 spiro atoms. The van der Waals surface area contributed by atoms with Crippen molar-refractivity contribution in [1.29, 1.82) is 0 Å². The van der Waals surface area contributed by atoms with E-state index >= 15 is 0 Å². The summed E-state index contributed by atoms with van der Waals surface area (Å²) in [4.78, 5) is 5.99. The highest BCUT2D eigenvalue weighted by Gasteiger charge is 2.38. The molecule has 0 saturated carbocycles. The van der Waals surface area contributed by atoms with Crippen molar-refractivity contribution in [3.63, 3.8) is 0 Å². The lowest BCUT2D eigenvalue weighted by atomic mass is 10.1. The van der Waals surface area contributed by atoms with Crippen LogP contribution in [-0.4, -0.2) is 32.7 Å². The Balaban J connectivity index is 2.19. The van der Waals surface area contributed by atoms with E-state index in [9.17, 15) is 39.2 Å². The summed E-state index contributed by atoms with van der Waals surface area (Å²) in [5, 5.41) is 3.15. The topological polar surface area (TPSA) is 98.0 Å². The van der Waals surface area contributed by atoms with Crippen LogP contribution in [0.2, 0.25) is 0 Å². The third-order valence-corrected chi connectivity index (χ3v) is 4.47. The minimum Gasteiger partial charge on any atom is -0.282 e. The van der Waals surface area contributed by atoms with Gasteiger partial charge in [-0.2, -0.15) is 39.4 Å². The zero-order valence-corrected chi connectivity index (χ0v) is 14.9. The molecule has 15 heteroatoms. The summed E-state index contributed by atoms with van der Waals surface area (Å²) in [6.45, 7) is 0. The first-order chi connectivity index (χ1) is 13.7. The second-order valence-electron chi connectivity index (χ2n) is 5.69. The van der Waals surface area contributed by atoms with Crippen molar-refractivity contribution in [2.75, 3.05) is 0 Å². The van der Waals surface area contributed by atoms with Gasteiger partial charge < -0.3 is 0 Å². The van der Waals surface area contributed by atoms with Crippen molar-refractivity contribution < 1.29 is 43.7 Å². The van der Waals surface area contributed by atoms with Crippen LogP contribution in [0.15, 0.2) is 41.4 Å². The van der Waals surface area contributed by atoms with Crippen LogP contribution < -0.4 is 0 Å². The monoisotopic (exact) mass is 456 g/mol. The molecule has 2 aromatic heterocycles. The van der Waals surface area contributed by atoms with Crippen LogP contribution in [0.4, 0.5) is 30.7 Å². The lowest BCUT2D eigenvalue weighted by Crippen LogP contribution is -2.09. The second kappa shape index (κ2) is 7.02. The fraction of sp³-hybridized carbons (Fsp3) is 0.133. The van der Waals surface area contributed by atoms with Crippen LogP contribution in [-0.2, 0) is 22.5 Å². The fourth-order valence-corrected chi connectivity index (χ4v) is 2.72. The molecule has 0 atom stereocenters. The maximum atomic E-state index is 14.3. The maximum absolute atomic E-state index is 14.3. The van der Waals surface area contributed by atoms with E-state index in [-0.39, 0.29) is 6.07 Å². The first-order valence-electron chi connectivity index (χ1n) is 7.53. The number of benzene rings is 1. The van der Waals surface area contributed by atoms with Crippen LogP contribution in [0.3, 0.4) is 0 Å². The zero-order valence-electron chi connectivity index (χ0n) is 14.1.